The van der Waals surface area contributed by atoms with E-state index in [1.807, 2.05) is 42.5 Å². The number of carbonyl (C=O) groups excluding carboxylic acids is 1. The Bertz CT molecular complexity index is 892. The molecule has 1 fully saturated rings. The molecule has 0 spiro atoms. The van der Waals surface area contributed by atoms with Crippen LogP contribution < -0.4 is 5.32 Å². The van der Waals surface area contributed by atoms with Crippen LogP contribution >= 0.6 is 0 Å². The molecule has 0 radical (unpaired) electrons. The van der Waals surface area contributed by atoms with E-state index < -0.39 is 0 Å². The first kappa shape index (κ1) is 21.3. The lowest BCUT2D eigenvalue weighted by Crippen LogP contribution is -2.47. The number of ether oxygens (including phenoxy) is 1. The lowest BCUT2D eigenvalue weighted by molar-refractivity contribution is -0.122. The number of benzene rings is 3. The second-order valence-electron chi connectivity index (χ2n) is 8.10. The summed E-state index contributed by atoms with van der Waals surface area (Å²) in [5.74, 6) is 0.103. The van der Waals surface area contributed by atoms with Crippen LogP contribution in [0.1, 0.15) is 29.0 Å². The van der Waals surface area contributed by atoms with Gasteiger partial charge in [0, 0.05) is 38.5 Å². The fraction of sp³-hybridized carbons (Fsp3) is 0.296. The molecule has 4 heteroatoms. The highest BCUT2D eigenvalue weighted by molar-refractivity contribution is 5.77. The van der Waals surface area contributed by atoms with E-state index in [1.54, 1.807) is 0 Å². The van der Waals surface area contributed by atoms with Gasteiger partial charge in [-0.1, -0.05) is 91.0 Å². The Morgan fingerprint density at radius 1 is 0.903 bits per heavy atom. The minimum Gasteiger partial charge on any atom is -0.374 e. The van der Waals surface area contributed by atoms with Crippen LogP contribution in [0.3, 0.4) is 0 Å². The number of morpholine rings is 1. The van der Waals surface area contributed by atoms with Crippen molar-refractivity contribution in [3.05, 3.63) is 108 Å². The largest absolute Gasteiger partial charge is 0.374 e. The Morgan fingerprint density at radius 3 is 2.10 bits per heavy atom. The first-order chi connectivity index (χ1) is 15.3. The van der Waals surface area contributed by atoms with Crippen LogP contribution in [0.2, 0.25) is 0 Å². The van der Waals surface area contributed by atoms with E-state index in [9.17, 15) is 4.79 Å². The third-order valence-electron chi connectivity index (χ3n) is 5.79. The van der Waals surface area contributed by atoms with E-state index in [2.05, 4.69) is 58.7 Å². The average molecular weight is 415 g/mol. The van der Waals surface area contributed by atoms with Crippen LogP contribution in [0.4, 0.5) is 0 Å². The number of nitrogens with zero attached hydrogens (tertiary/aromatic N) is 1. The maximum atomic E-state index is 12.8. The zero-order valence-electron chi connectivity index (χ0n) is 17.8. The second-order valence-corrected chi connectivity index (χ2v) is 8.10. The Hall–Kier alpha value is -2.95. The standard InChI is InChI=1S/C27H30N2O2/c30-27(18-26(23-12-6-2-7-13-23)24-14-8-3-9-15-24)28-19-25-21-29(16-17-31-25)20-22-10-4-1-5-11-22/h1-15,25-26H,16-21H2,(H,28,30). The highest BCUT2D eigenvalue weighted by Crippen LogP contribution is 2.27. The summed E-state index contributed by atoms with van der Waals surface area (Å²) in [6, 6.07) is 31.0. The number of hydrogen-bond acceptors (Lipinski definition) is 3. The van der Waals surface area contributed by atoms with Crippen molar-refractivity contribution in [2.24, 2.45) is 0 Å². The van der Waals surface area contributed by atoms with Crippen LogP contribution in [0.25, 0.3) is 0 Å². The fourth-order valence-corrected chi connectivity index (χ4v) is 4.17. The lowest BCUT2D eigenvalue weighted by Gasteiger charge is -2.33. The first-order valence-corrected chi connectivity index (χ1v) is 11.0. The summed E-state index contributed by atoms with van der Waals surface area (Å²) in [5, 5.41) is 3.12. The van der Waals surface area contributed by atoms with Gasteiger partial charge in [0.1, 0.15) is 0 Å². The molecule has 1 N–H and O–H groups in total. The smallest absolute Gasteiger partial charge is 0.221 e. The molecule has 0 saturated carbocycles. The molecule has 1 unspecified atom stereocenters. The second kappa shape index (κ2) is 10.9. The van der Waals surface area contributed by atoms with Crippen molar-refractivity contribution in [1.29, 1.82) is 0 Å². The summed E-state index contributed by atoms with van der Waals surface area (Å²) in [7, 11) is 0. The van der Waals surface area contributed by atoms with E-state index in [1.165, 1.54) is 5.56 Å². The van der Waals surface area contributed by atoms with E-state index in [4.69, 9.17) is 4.74 Å². The lowest BCUT2D eigenvalue weighted by atomic mass is 9.88. The van der Waals surface area contributed by atoms with Gasteiger partial charge in [-0.3, -0.25) is 9.69 Å². The number of carbonyl (C=O) groups is 1. The van der Waals surface area contributed by atoms with Gasteiger partial charge in [-0.25, -0.2) is 0 Å². The molecule has 1 amide bonds. The molecule has 1 saturated heterocycles. The minimum absolute atomic E-state index is 0.0216. The summed E-state index contributed by atoms with van der Waals surface area (Å²) >= 11 is 0. The van der Waals surface area contributed by atoms with E-state index in [0.29, 0.717) is 19.6 Å². The Morgan fingerprint density at radius 2 is 1.48 bits per heavy atom. The molecule has 0 aliphatic carbocycles. The molecule has 3 aromatic rings. The molecule has 1 heterocycles. The van der Waals surface area contributed by atoms with Crippen LogP contribution in [0.15, 0.2) is 91.0 Å². The SMILES string of the molecule is O=C(CC(c1ccccc1)c1ccccc1)NCC1CN(Cc2ccccc2)CCO1. The molecule has 31 heavy (non-hydrogen) atoms. The average Bonchev–Trinajstić information content (AvgIpc) is 2.83. The summed E-state index contributed by atoms with van der Waals surface area (Å²) in [6.07, 6.45) is 0.447. The Balaban J connectivity index is 1.32. The number of nitrogens with one attached hydrogen (secondary N) is 1. The third kappa shape index (κ3) is 6.27. The van der Waals surface area contributed by atoms with Gasteiger partial charge in [-0.2, -0.15) is 0 Å². The van der Waals surface area contributed by atoms with Gasteiger partial charge in [-0.15, -0.1) is 0 Å². The van der Waals surface area contributed by atoms with Gasteiger partial charge in [0.2, 0.25) is 5.91 Å². The quantitative estimate of drug-likeness (QED) is 0.600. The van der Waals surface area contributed by atoms with Crippen LogP contribution in [-0.4, -0.2) is 43.2 Å². The third-order valence-corrected chi connectivity index (χ3v) is 5.79. The summed E-state index contributed by atoms with van der Waals surface area (Å²) in [6.45, 7) is 3.91. The monoisotopic (exact) mass is 414 g/mol. The van der Waals surface area contributed by atoms with E-state index in [-0.39, 0.29) is 17.9 Å². The van der Waals surface area contributed by atoms with E-state index in [0.717, 1.165) is 30.8 Å². The predicted molar refractivity (Wildman–Crippen MR) is 124 cm³/mol. The molecule has 3 aromatic carbocycles. The molecule has 1 aliphatic rings. The van der Waals surface area contributed by atoms with Crippen LogP contribution in [0, 0.1) is 0 Å². The fourth-order valence-electron chi connectivity index (χ4n) is 4.17. The summed E-state index contributed by atoms with van der Waals surface area (Å²) in [5.41, 5.74) is 3.62. The molecule has 1 aliphatic heterocycles. The molecule has 4 nitrogen and oxygen atoms in total. The number of amides is 1. The zero-order valence-corrected chi connectivity index (χ0v) is 17.8. The zero-order chi connectivity index (χ0) is 21.3. The summed E-state index contributed by atoms with van der Waals surface area (Å²) < 4.78 is 5.91. The van der Waals surface area contributed by atoms with Crippen molar-refractivity contribution in [2.45, 2.75) is 25.0 Å². The van der Waals surface area contributed by atoms with Gasteiger partial charge < -0.3 is 10.1 Å². The molecular weight excluding hydrogens is 384 g/mol. The van der Waals surface area contributed by atoms with Crippen molar-refractivity contribution in [3.8, 4) is 0 Å². The van der Waals surface area contributed by atoms with Crippen molar-refractivity contribution in [1.82, 2.24) is 10.2 Å². The summed E-state index contributed by atoms with van der Waals surface area (Å²) in [4.78, 5) is 15.2. The van der Waals surface area contributed by atoms with Gasteiger partial charge in [0.05, 0.1) is 12.7 Å². The van der Waals surface area contributed by atoms with Crippen molar-refractivity contribution in [3.63, 3.8) is 0 Å². The predicted octanol–water partition coefficient (Wildman–Crippen LogP) is 4.23. The number of rotatable bonds is 8. The van der Waals surface area contributed by atoms with Crippen molar-refractivity contribution < 1.29 is 9.53 Å². The molecule has 1 atom stereocenters. The van der Waals surface area contributed by atoms with Crippen LogP contribution in [-0.2, 0) is 16.1 Å². The van der Waals surface area contributed by atoms with E-state index >= 15 is 0 Å². The van der Waals surface area contributed by atoms with Gasteiger partial charge in [0.15, 0.2) is 0 Å². The topological polar surface area (TPSA) is 41.6 Å². The van der Waals surface area contributed by atoms with Crippen molar-refractivity contribution >= 4 is 5.91 Å². The highest BCUT2D eigenvalue weighted by Gasteiger charge is 2.22. The van der Waals surface area contributed by atoms with Gasteiger partial charge in [0.25, 0.3) is 0 Å². The Kier molecular flexibility index (Phi) is 7.48. The molecule has 0 bridgehead atoms. The molecular formula is C27H30N2O2. The first-order valence-electron chi connectivity index (χ1n) is 11.0. The number of hydrogen-bond donors (Lipinski definition) is 1. The Labute approximate surface area is 184 Å². The van der Waals surface area contributed by atoms with Gasteiger partial charge in [-0.05, 0) is 16.7 Å². The highest BCUT2D eigenvalue weighted by atomic mass is 16.5. The molecule has 0 aromatic heterocycles. The van der Waals surface area contributed by atoms with Gasteiger partial charge >= 0.3 is 0 Å². The molecule has 4 rings (SSSR count). The normalized spacial score (nSPS) is 16.9. The van der Waals surface area contributed by atoms with Crippen LogP contribution in [0.5, 0.6) is 0 Å². The minimum atomic E-state index is 0.0216. The maximum Gasteiger partial charge on any atom is 0.221 e. The molecule has 160 valence electrons. The van der Waals surface area contributed by atoms with Crippen molar-refractivity contribution in [2.75, 3.05) is 26.2 Å². The maximum absolute atomic E-state index is 12.8.